The van der Waals surface area contributed by atoms with Crippen LogP contribution in [0, 0.1) is 6.92 Å². The topological polar surface area (TPSA) is 67.4 Å². The van der Waals surface area contributed by atoms with Crippen LogP contribution in [0.25, 0.3) is 0 Å². The van der Waals surface area contributed by atoms with Crippen LogP contribution in [0.3, 0.4) is 0 Å². The van der Waals surface area contributed by atoms with E-state index in [4.69, 9.17) is 4.74 Å². The van der Waals surface area contributed by atoms with Crippen molar-refractivity contribution in [2.45, 2.75) is 6.92 Å². The lowest BCUT2D eigenvalue weighted by Crippen LogP contribution is -2.34. The average molecular weight is 318 g/mol. The third-order valence-electron chi connectivity index (χ3n) is 3.10. The predicted octanol–water partition coefficient (Wildman–Crippen LogP) is 2.22. The van der Waals surface area contributed by atoms with E-state index in [-0.39, 0.29) is 11.8 Å². The Bertz CT molecular complexity index is 653. The highest BCUT2D eigenvalue weighted by Gasteiger charge is 2.13. The first-order chi connectivity index (χ1) is 10.6. The van der Waals surface area contributed by atoms with E-state index in [0.29, 0.717) is 29.3 Å². The number of benzene rings is 1. The van der Waals surface area contributed by atoms with Crippen molar-refractivity contribution in [1.29, 1.82) is 0 Å². The number of hydrogen-bond donors (Lipinski definition) is 2. The van der Waals surface area contributed by atoms with Crippen LogP contribution in [0.15, 0.2) is 35.7 Å². The largest absolute Gasteiger partial charge is 0.496 e. The first-order valence-corrected chi connectivity index (χ1v) is 7.75. The molecule has 6 heteroatoms. The maximum Gasteiger partial charge on any atom is 0.261 e. The van der Waals surface area contributed by atoms with Gasteiger partial charge < -0.3 is 15.4 Å². The van der Waals surface area contributed by atoms with Gasteiger partial charge in [0.2, 0.25) is 0 Å². The fourth-order valence-electron chi connectivity index (χ4n) is 2.04. The highest BCUT2D eigenvalue weighted by Crippen LogP contribution is 2.22. The summed E-state index contributed by atoms with van der Waals surface area (Å²) in [6.07, 6.45) is 0. The number of amides is 2. The van der Waals surface area contributed by atoms with Crippen LogP contribution >= 0.6 is 11.3 Å². The summed E-state index contributed by atoms with van der Waals surface area (Å²) >= 11 is 1.38. The van der Waals surface area contributed by atoms with E-state index in [1.54, 1.807) is 19.2 Å². The number of rotatable bonds is 6. The monoisotopic (exact) mass is 318 g/mol. The van der Waals surface area contributed by atoms with Crippen molar-refractivity contribution in [1.82, 2.24) is 10.6 Å². The Morgan fingerprint density at radius 1 is 1.09 bits per heavy atom. The van der Waals surface area contributed by atoms with Crippen molar-refractivity contribution in [3.05, 3.63) is 51.7 Å². The molecule has 0 saturated carbocycles. The van der Waals surface area contributed by atoms with Crippen LogP contribution in [-0.2, 0) is 0 Å². The van der Waals surface area contributed by atoms with Crippen LogP contribution in [0.4, 0.5) is 0 Å². The molecule has 1 aromatic carbocycles. The molecule has 0 aliphatic rings. The third-order valence-corrected chi connectivity index (χ3v) is 3.97. The van der Waals surface area contributed by atoms with Crippen molar-refractivity contribution in [3.63, 3.8) is 0 Å². The van der Waals surface area contributed by atoms with Gasteiger partial charge in [-0.25, -0.2) is 0 Å². The van der Waals surface area contributed by atoms with Crippen molar-refractivity contribution >= 4 is 23.2 Å². The van der Waals surface area contributed by atoms with Gasteiger partial charge in [-0.1, -0.05) is 18.2 Å². The summed E-state index contributed by atoms with van der Waals surface area (Å²) in [7, 11) is 1.54. The number of carbonyl (C=O) groups excluding carboxylic acids is 2. The van der Waals surface area contributed by atoms with Crippen LogP contribution in [-0.4, -0.2) is 32.0 Å². The normalized spacial score (nSPS) is 10.1. The number of methoxy groups -OCH3 is 1. The average Bonchev–Trinajstić information content (AvgIpc) is 3.05. The van der Waals surface area contributed by atoms with Gasteiger partial charge in [-0.15, -0.1) is 11.3 Å². The van der Waals surface area contributed by atoms with E-state index in [0.717, 1.165) is 5.56 Å². The van der Waals surface area contributed by atoms with Crippen molar-refractivity contribution in [2.24, 2.45) is 0 Å². The number of carbonyl (C=O) groups is 2. The summed E-state index contributed by atoms with van der Waals surface area (Å²) in [6.45, 7) is 2.61. The van der Waals surface area contributed by atoms with E-state index < -0.39 is 0 Å². The van der Waals surface area contributed by atoms with Gasteiger partial charge in [-0.2, -0.15) is 0 Å². The fourth-order valence-corrected chi connectivity index (χ4v) is 2.68. The molecule has 5 nitrogen and oxygen atoms in total. The molecular weight excluding hydrogens is 300 g/mol. The fraction of sp³-hybridized carbons (Fsp3) is 0.250. The summed E-state index contributed by atoms with van der Waals surface area (Å²) < 4.78 is 5.26. The second kappa shape index (κ2) is 7.61. The van der Waals surface area contributed by atoms with Crippen LogP contribution in [0.5, 0.6) is 5.75 Å². The van der Waals surface area contributed by atoms with E-state index in [2.05, 4.69) is 10.6 Å². The van der Waals surface area contributed by atoms with Gasteiger partial charge in [-0.3, -0.25) is 9.59 Å². The third kappa shape index (κ3) is 3.85. The van der Waals surface area contributed by atoms with Gasteiger partial charge in [0.15, 0.2) is 0 Å². The Morgan fingerprint density at radius 2 is 1.82 bits per heavy atom. The molecule has 0 unspecified atom stereocenters. The molecule has 2 amide bonds. The number of hydrogen-bond acceptors (Lipinski definition) is 4. The molecule has 2 aromatic rings. The quantitative estimate of drug-likeness (QED) is 0.803. The van der Waals surface area contributed by atoms with Gasteiger partial charge in [0.05, 0.1) is 17.6 Å². The Kier molecular flexibility index (Phi) is 5.55. The van der Waals surface area contributed by atoms with Crippen LogP contribution in [0.2, 0.25) is 0 Å². The molecule has 0 saturated heterocycles. The minimum Gasteiger partial charge on any atom is -0.496 e. The molecule has 1 heterocycles. The summed E-state index contributed by atoms with van der Waals surface area (Å²) in [6, 6.07) is 9.00. The standard InChI is InChI=1S/C16H18N2O3S/c1-11-5-3-6-12(14(11)21-2)15(19)17-8-9-18-16(20)13-7-4-10-22-13/h3-7,10H,8-9H2,1-2H3,(H,17,19)(H,18,20). The highest BCUT2D eigenvalue weighted by molar-refractivity contribution is 7.12. The lowest BCUT2D eigenvalue weighted by atomic mass is 10.1. The lowest BCUT2D eigenvalue weighted by molar-refractivity contribution is 0.0927. The molecule has 116 valence electrons. The minimum absolute atomic E-state index is 0.127. The molecule has 2 rings (SSSR count). The maximum absolute atomic E-state index is 12.1. The Labute approximate surface area is 133 Å². The van der Waals surface area contributed by atoms with Crippen molar-refractivity contribution in [2.75, 3.05) is 20.2 Å². The summed E-state index contributed by atoms with van der Waals surface area (Å²) in [5.74, 6) is 0.228. The minimum atomic E-state index is -0.217. The van der Waals surface area contributed by atoms with E-state index in [1.165, 1.54) is 11.3 Å². The van der Waals surface area contributed by atoms with Gasteiger partial charge in [0.25, 0.3) is 11.8 Å². The first-order valence-electron chi connectivity index (χ1n) is 6.87. The molecule has 1 aromatic heterocycles. The zero-order valence-corrected chi connectivity index (χ0v) is 13.3. The predicted molar refractivity (Wildman–Crippen MR) is 86.7 cm³/mol. The second-order valence-corrected chi connectivity index (χ2v) is 5.59. The van der Waals surface area contributed by atoms with Gasteiger partial charge >= 0.3 is 0 Å². The van der Waals surface area contributed by atoms with Crippen LogP contribution < -0.4 is 15.4 Å². The zero-order valence-electron chi connectivity index (χ0n) is 12.5. The van der Waals surface area contributed by atoms with Crippen LogP contribution in [0.1, 0.15) is 25.6 Å². The molecule has 0 atom stereocenters. The number of para-hydroxylation sites is 1. The molecule has 0 spiro atoms. The number of aryl methyl sites for hydroxylation is 1. The SMILES string of the molecule is COc1c(C)cccc1C(=O)NCCNC(=O)c1cccs1. The maximum atomic E-state index is 12.1. The van der Waals surface area contributed by atoms with Gasteiger partial charge in [0.1, 0.15) is 5.75 Å². The number of ether oxygens (including phenoxy) is 1. The van der Waals surface area contributed by atoms with E-state index >= 15 is 0 Å². The van der Waals surface area contributed by atoms with Gasteiger partial charge in [-0.05, 0) is 30.0 Å². The highest BCUT2D eigenvalue weighted by atomic mass is 32.1. The summed E-state index contributed by atoms with van der Waals surface area (Å²) in [5.41, 5.74) is 1.40. The first kappa shape index (κ1) is 16.0. The smallest absolute Gasteiger partial charge is 0.261 e. The van der Waals surface area contributed by atoms with E-state index in [9.17, 15) is 9.59 Å². The Hall–Kier alpha value is -2.34. The number of nitrogens with one attached hydrogen (secondary N) is 2. The summed E-state index contributed by atoms with van der Waals surface area (Å²) in [5, 5.41) is 7.38. The molecule has 22 heavy (non-hydrogen) atoms. The molecular formula is C16H18N2O3S. The van der Waals surface area contributed by atoms with Crippen molar-refractivity contribution < 1.29 is 14.3 Å². The lowest BCUT2D eigenvalue weighted by Gasteiger charge is -2.11. The molecule has 0 radical (unpaired) electrons. The Balaban J connectivity index is 1.83. The zero-order chi connectivity index (χ0) is 15.9. The second-order valence-electron chi connectivity index (χ2n) is 4.64. The molecule has 0 fully saturated rings. The molecule has 0 aliphatic heterocycles. The molecule has 0 aliphatic carbocycles. The Morgan fingerprint density at radius 3 is 2.45 bits per heavy atom. The number of thiophene rings is 1. The van der Waals surface area contributed by atoms with E-state index in [1.807, 2.05) is 30.5 Å². The van der Waals surface area contributed by atoms with Gasteiger partial charge in [0, 0.05) is 13.1 Å². The van der Waals surface area contributed by atoms with Crippen molar-refractivity contribution in [3.8, 4) is 5.75 Å². The molecule has 2 N–H and O–H groups in total. The summed E-state index contributed by atoms with van der Waals surface area (Å²) in [4.78, 5) is 24.5. The molecule has 0 bridgehead atoms.